The van der Waals surface area contributed by atoms with Crippen LogP contribution in [0, 0.1) is 5.92 Å². The molecule has 0 bridgehead atoms. The molecule has 5 heteroatoms. The summed E-state index contributed by atoms with van der Waals surface area (Å²) in [6, 6.07) is -0.765. The summed E-state index contributed by atoms with van der Waals surface area (Å²) in [5, 5.41) is 9.18. The van der Waals surface area contributed by atoms with Gasteiger partial charge in [-0.25, -0.2) is 9.59 Å². The SMILES string of the molecule is C[C@H]1CCCN(C(=O)OC(C)(C)C)[C@@H]1C(=O)O. The van der Waals surface area contributed by atoms with Crippen molar-refractivity contribution in [3.05, 3.63) is 0 Å². The first-order valence-corrected chi connectivity index (χ1v) is 5.95. The lowest BCUT2D eigenvalue weighted by Gasteiger charge is -2.37. The Morgan fingerprint density at radius 3 is 2.41 bits per heavy atom. The van der Waals surface area contributed by atoms with Gasteiger partial charge in [-0.15, -0.1) is 0 Å². The predicted octanol–water partition coefficient (Wildman–Crippen LogP) is 2.11. The first-order chi connectivity index (χ1) is 7.72. The van der Waals surface area contributed by atoms with E-state index in [1.165, 1.54) is 4.90 Å². The van der Waals surface area contributed by atoms with Crippen molar-refractivity contribution in [3.8, 4) is 0 Å². The standard InChI is InChI=1S/C12H21NO4/c1-8-6-5-7-13(9(8)10(14)15)11(16)17-12(2,3)4/h8-9H,5-7H2,1-4H3,(H,14,15)/t8-,9-/m0/s1. The maximum atomic E-state index is 11.9. The topological polar surface area (TPSA) is 66.8 Å². The number of amides is 1. The molecule has 0 aromatic rings. The van der Waals surface area contributed by atoms with E-state index in [0.29, 0.717) is 6.54 Å². The Morgan fingerprint density at radius 2 is 1.94 bits per heavy atom. The summed E-state index contributed by atoms with van der Waals surface area (Å²) in [6.07, 6.45) is 1.12. The minimum atomic E-state index is -0.956. The molecule has 2 atom stereocenters. The second kappa shape index (κ2) is 4.94. The van der Waals surface area contributed by atoms with E-state index in [0.717, 1.165) is 12.8 Å². The molecular weight excluding hydrogens is 222 g/mol. The van der Waals surface area contributed by atoms with Gasteiger partial charge in [-0.1, -0.05) is 6.92 Å². The van der Waals surface area contributed by atoms with E-state index < -0.39 is 23.7 Å². The number of rotatable bonds is 1. The Morgan fingerprint density at radius 1 is 1.35 bits per heavy atom. The van der Waals surface area contributed by atoms with E-state index in [1.54, 1.807) is 20.8 Å². The molecular formula is C12H21NO4. The highest BCUT2D eigenvalue weighted by molar-refractivity contribution is 5.80. The molecule has 0 aromatic heterocycles. The highest BCUT2D eigenvalue weighted by atomic mass is 16.6. The van der Waals surface area contributed by atoms with Crippen LogP contribution in [0.25, 0.3) is 0 Å². The number of aliphatic carboxylic acids is 1. The largest absolute Gasteiger partial charge is 0.480 e. The molecule has 0 saturated carbocycles. The smallest absolute Gasteiger partial charge is 0.411 e. The van der Waals surface area contributed by atoms with Crippen molar-refractivity contribution in [2.45, 2.75) is 52.2 Å². The molecule has 1 rings (SSSR count). The van der Waals surface area contributed by atoms with Crippen molar-refractivity contribution in [3.63, 3.8) is 0 Å². The fourth-order valence-electron chi connectivity index (χ4n) is 2.09. The van der Waals surface area contributed by atoms with Gasteiger partial charge in [0.25, 0.3) is 0 Å². The fourth-order valence-corrected chi connectivity index (χ4v) is 2.09. The lowest BCUT2D eigenvalue weighted by atomic mass is 9.91. The van der Waals surface area contributed by atoms with Gasteiger partial charge in [-0.3, -0.25) is 4.90 Å². The molecule has 0 unspecified atom stereocenters. The zero-order chi connectivity index (χ0) is 13.2. The first-order valence-electron chi connectivity index (χ1n) is 5.95. The average Bonchev–Trinajstić information content (AvgIpc) is 2.13. The van der Waals surface area contributed by atoms with Crippen molar-refractivity contribution >= 4 is 12.1 Å². The number of hydrogen-bond donors (Lipinski definition) is 1. The normalized spacial score (nSPS) is 25.5. The van der Waals surface area contributed by atoms with Gasteiger partial charge in [0.15, 0.2) is 0 Å². The third kappa shape index (κ3) is 3.61. The van der Waals surface area contributed by atoms with Gasteiger partial charge in [-0.2, -0.15) is 0 Å². The second-order valence-electron chi connectivity index (χ2n) is 5.58. The van der Waals surface area contributed by atoms with Crippen LogP contribution in [0.4, 0.5) is 4.79 Å². The summed E-state index contributed by atoms with van der Waals surface area (Å²) in [6.45, 7) is 7.63. The van der Waals surface area contributed by atoms with Crippen LogP contribution in [0.5, 0.6) is 0 Å². The molecule has 1 amide bonds. The van der Waals surface area contributed by atoms with Crippen LogP contribution < -0.4 is 0 Å². The van der Waals surface area contributed by atoms with E-state index in [1.807, 2.05) is 6.92 Å². The summed E-state index contributed by atoms with van der Waals surface area (Å²) in [4.78, 5) is 24.4. The van der Waals surface area contributed by atoms with E-state index >= 15 is 0 Å². The minimum Gasteiger partial charge on any atom is -0.480 e. The van der Waals surface area contributed by atoms with Gasteiger partial charge >= 0.3 is 12.1 Å². The Balaban J connectivity index is 2.79. The van der Waals surface area contributed by atoms with Crippen LogP contribution in [0.3, 0.4) is 0 Å². The van der Waals surface area contributed by atoms with E-state index in [9.17, 15) is 14.7 Å². The zero-order valence-electron chi connectivity index (χ0n) is 10.9. The molecule has 17 heavy (non-hydrogen) atoms. The number of carbonyl (C=O) groups is 2. The maximum absolute atomic E-state index is 11.9. The average molecular weight is 243 g/mol. The van der Waals surface area contributed by atoms with E-state index in [2.05, 4.69) is 0 Å². The number of carboxylic acid groups (broad SMARTS) is 1. The van der Waals surface area contributed by atoms with Crippen LogP contribution in [-0.2, 0) is 9.53 Å². The predicted molar refractivity (Wildman–Crippen MR) is 62.8 cm³/mol. The number of ether oxygens (including phenoxy) is 1. The van der Waals surface area contributed by atoms with Gasteiger partial charge in [-0.05, 0) is 39.5 Å². The summed E-state index contributed by atoms with van der Waals surface area (Å²) in [5.74, 6) is -0.989. The second-order valence-corrected chi connectivity index (χ2v) is 5.58. The highest BCUT2D eigenvalue weighted by Crippen LogP contribution is 2.25. The van der Waals surface area contributed by atoms with Gasteiger partial charge in [0.05, 0.1) is 0 Å². The van der Waals surface area contributed by atoms with Crippen LogP contribution in [-0.4, -0.2) is 40.3 Å². The number of carbonyl (C=O) groups excluding carboxylic acids is 1. The molecule has 1 fully saturated rings. The molecule has 1 aliphatic heterocycles. The molecule has 0 aromatic carbocycles. The van der Waals surface area contributed by atoms with Crippen LogP contribution in [0.2, 0.25) is 0 Å². The third-order valence-electron chi connectivity index (χ3n) is 2.81. The molecule has 0 spiro atoms. The van der Waals surface area contributed by atoms with Gasteiger partial charge in [0.1, 0.15) is 11.6 Å². The van der Waals surface area contributed by atoms with Crippen LogP contribution in [0.15, 0.2) is 0 Å². The molecule has 1 aliphatic rings. The summed E-state index contributed by atoms with van der Waals surface area (Å²) < 4.78 is 5.23. The van der Waals surface area contributed by atoms with E-state index in [4.69, 9.17) is 4.74 Å². The summed E-state index contributed by atoms with van der Waals surface area (Å²) >= 11 is 0. The monoisotopic (exact) mass is 243 g/mol. The van der Waals surface area contributed by atoms with Crippen molar-refractivity contribution in [2.24, 2.45) is 5.92 Å². The Labute approximate surface area is 102 Å². The quantitative estimate of drug-likeness (QED) is 0.766. The summed E-state index contributed by atoms with van der Waals surface area (Å²) in [7, 11) is 0. The van der Waals surface area contributed by atoms with Gasteiger partial charge < -0.3 is 9.84 Å². The maximum Gasteiger partial charge on any atom is 0.411 e. The number of hydrogen-bond acceptors (Lipinski definition) is 3. The third-order valence-corrected chi connectivity index (χ3v) is 2.81. The molecule has 98 valence electrons. The molecule has 0 aliphatic carbocycles. The molecule has 1 N–H and O–H groups in total. The number of likely N-dealkylation sites (tertiary alicyclic amines) is 1. The highest BCUT2D eigenvalue weighted by Gasteiger charge is 2.38. The molecule has 0 radical (unpaired) electrons. The van der Waals surface area contributed by atoms with Crippen molar-refractivity contribution in [2.75, 3.05) is 6.54 Å². The molecule has 1 saturated heterocycles. The van der Waals surface area contributed by atoms with Crippen LogP contribution in [0.1, 0.15) is 40.5 Å². The molecule has 5 nitrogen and oxygen atoms in total. The molecule has 1 heterocycles. The Hall–Kier alpha value is -1.26. The lowest BCUT2D eigenvalue weighted by molar-refractivity contribution is -0.146. The summed E-state index contributed by atoms with van der Waals surface area (Å²) in [5.41, 5.74) is -0.596. The minimum absolute atomic E-state index is 0.0335. The Kier molecular flexibility index (Phi) is 4.01. The number of piperidine rings is 1. The van der Waals surface area contributed by atoms with Gasteiger partial charge in [0, 0.05) is 6.54 Å². The van der Waals surface area contributed by atoms with Gasteiger partial charge in [0.2, 0.25) is 0 Å². The van der Waals surface area contributed by atoms with Crippen molar-refractivity contribution in [1.82, 2.24) is 4.90 Å². The first kappa shape index (κ1) is 13.8. The lowest BCUT2D eigenvalue weighted by Crippen LogP contribution is -2.53. The Bertz CT molecular complexity index is 308. The number of carboxylic acids is 1. The fraction of sp³-hybridized carbons (Fsp3) is 0.833. The van der Waals surface area contributed by atoms with Crippen molar-refractivity contribution < 1.29 is 19.4 Å². The number of nitrogens with zero attached hydrogens (tertiary/aromatic N) is 1. The zero-order valence-corrected chi connectivity index (χ0v) is 10.9. The van der Waals surface area contributed by atoms with Crippen molar-refractivity contribution in [1.29, 1.82) is 0 Å². The van der Waals surface area contributed by atoms with Crippen LogP contribution >= 0.6 is 0 Å². The van der Waals surface area contributed by atoms with E-state index in [-0.39, 0.29) is 5.92 Å².